The Labute approximate surface area is 59.2 Å². The average molecular weight is 134 g/mol. The zero-order valence-corrected chi connectivity index (χ0v) is 5.40. The van der Waals surface area contributed by atoms with Gasteiger partial charge in [0.05, 0.1) is 0 Å². The monoisotopic (exact) mass is 134 g/mol. The summed E-state index contributed by atoms with van der Waals surface area (Å²) in [4.78, 5) is 0. The van der Waals surface area contributed by atoms with Crippen molar-refractivity contribution in [2.24, 2.45) is 0 Å². The Morgan fingerprint density at radius 2 is 1.75 bits per heavy atom. The molecule has 0 aliphatic heterocycles. The van der Waals surface area contributed by atoms with Gasteiger partial charge < -0.3 is 4.55 Å². The second-order valence-electron chi connectivity index (χ2n) is 1.04. The fraction of sp³-hybridized carbons (Fsp3) is 1.00. The van der Waals surface area contributed by atoms with Gasteiger partial charge in [-0.25, -0.2) is 12.8 Å². The Kier molecular flexibility index (Phi) is 4.87. The summed E-state index contributed by atoms with van der Waals surface area (Å²) < 4.78 is 39.5. The van der Waals surface area contributed by atoms with Gasteiger partial charge in [-0.15, -0.1) is 0 Å². The van der Waals surface area contributed by atoms with E-state index in [0.29, 0.717) is 6.92 Å². The van der Waals surface area contributed by atoms with E-state index in [9.17, 15) is 17.4 Å². The first-order chi connectivity index (χ1) is 2.94. The van der Waals surface area contributed by atoms with Gasteiger partial charge in [-0.3, -0.25) is 0 Å². The van der Waals surface area contributed by atoms with E-state index >= 15 is 0 Å². The molecule has 0 saturated heterocycles. The van der Waals surface area contributed by atoms with Crippen LogP contribution in [0.4, 0.5) is 4.39 Å². The number of alkyl halides is 1. The van der Waals surface area contributed by atoms with Crippen LogP contribution in [0.1, 0.15) is 6.92 Å². The fourth-order valence-electron chi connectivity index (χ4n) is 0. The van der Waals surface area contributed by atoms with Crippen LogP contribution in [0.15, 0.2) is 0 Å². The SMILES string of the molecule is CC(F)S(=O)(=O)[O-].[Li+]. The summed E-state index contributed by atoms with van der Waals surface area (Å²) in [7, 11) is -4.66. The Bertz CT molecular complexity index is 139. The van der Waals surface area contributed by atoms with Gasteiger partial charge in [0.15, 0.2) is 5.50 Å². The maximum Gasteiger partial charge on any atom is 1.00 e. The van der Waals surface area contributed by atoms with Crippen LogP contribution >= 0.6 is 0 Å². The molecule has 0 bridgehead atoms. The second kappa shape index (κ2) is 3.46. The first-order valence-corrected chi connectivity index (χ1v) is 3.00. The van der Waals surface area contributed by atoms with Crippen LogP contribution < -0.4 is 18.9 Å². The van der Waals surface area contributed by atoms with Crippen LogP contribution in [-0.4, -0.2) is 18.5 Å². The zero-order valence-electron chi connectivity index (χ0n) is 4.59. The van der Waals surface area contributed by atoms with Crippen molar-refractivity contribution in [3.8, 4) is 0 Å². The van der Waals surface area contributed by atoms with Crippen LogP contribution in [-0.2, 0) is 10.1 Å². The van der Waals surface area contributed by atoms with E-state index in [1.54, 1.807) is 0 Å². The van der Waals surface area contributed by atoms with Gasteiger partial charge in [0.2, 0.25) is 0 Å². The molecule has 44 valence electrons. The Hall–Kier alpha value is 0.437. The van der Waals surface area contributed by atoms with Crippen molar-refractivity contribution in [1.82, 2.24) is 0 Å². The van der Waals surface area contributed by atoms with E-state index in [4.69, 9.17) is 0 Å². The molecule has 0 fully saturated rings. The molecule has 0 heterocycles. The number of halogens is 1. The molecule has 0 radical (unpaired) electrons. The van der Waals surface area contributed by atoms with Crippen molar-refractivity contribution in [2.75, 3.05) is 0 Å². The standard InChI is InChI=1S/C2H5FO3S.Li/c1-2(3)7(4,5)6;/h2H,1H3,(H,4,5,6);/q;+1/p-1. The van der Waals surface area contributed by atoms with Crippen LogP contribution in [0.3, 0.4) is 0 Å². The predicted octanol–water partition coefficient (Wildman–Crippen LogP) is -3.15. The molecule has 0 aliphatic rings. The van der Waals surface area contributed by atoms with E-state index in [1.807, 2.05) is 0 Å². The summed E-state index contributed by atoms with van der Waals surface area (Å²) in [5.41, 5.74) is -2.28. The molecular formula is C2H4FLiO3S. The Morgan fingerprint density at radius 1 is 1.62 bits per heavy atom. The maximum absolute atomic E-state index is 11.3. The third-order valence-corrected chi connectivity index (χ3v) is 1.19. The fourth-order valence-corrected chi connectivity index (χ4v) is 0. The summed E-state index contributed by atoms with van der Waals surface area (Å²) >= 11 is 0. The van der Waals surface area contributed by atoms with E-state index in [1.165, 1.54) is 0 Å². The summed E-state index contributed by atoms with van der Waals surface area (Å²) in [6.45, 7) is 0.683. The molecule has 1 unspecified atom stereocenters. The minimum atomic E-state index is -4.66. The minimum Gasteiger partial charge on any atom is -0.746 e. The molecule has 0 rings (SSSR count). The van der Waals surface area contributed by atoms with Crippen molar-refractivity contribution in [3.63, 3.8) is 0 Å². The number of rotatable bonds is 1. The largest absolute Gasteiger partial charge is 1.00 e. The van der Waals surface area contributed by atoms with Gasteiger partial charge >= 0.3 is 18.9 Å². The van der Waals surface area contributed by atoms with Gasteiger partial charge in [0.25, 0.3) is 0 Å². The third kappa shape index (κ3) is 4.59. The number of hydrogen-bond acceptors (Lipinski definition) is 3. The van der Waals surface area contributed by atoms with Gasteiger partial charge in [-0.1, -0.05) is 0 Å². The zero-order chi connectivity index (χ0) is 6.08. The van der Waals surface area contributed by atoms with Gasteiger partial charge in [-0.2, -0.15) is 0 Å². The van der Waals surface area contributed by atoms with E-state index in [2.05, 4.69) is 0 Å². The van der Waals surface area contributed by atoms with Crippen LogP contribution in [0.2, 0.25) is 0 Å². The molecule has 6 heteroatoms. The van der Waals surface area contributed by atoms with Crippen LogP contribution in [0, 0.1) is 0 Å². The first-order valence-electron chi connectivity index (χ1n) is 1.53. The van der Waals surface area contributed by atoms with E-state index in [-0.39, 0.29) is 18.9 Å². The molecule has 0 saturated carbocycles. The quantitative estimate of drug-likeness (QED) is 0.281. The van der Waals surface area contributed by atoms with Crippen molar-refractivity contribution in [1.29, 1.82) is 0 Å². The van der Waals surface area contributed by atoms with E-state index < -0.39 is 15.6 Å². The minimum absolute atomic E-state index is 0. The predicted molar refractivity (Wildman–Crippen MR) is 20.3 cm³/mol. The van der Waals surface area contributed by atoms with Crippen molar-refractivity contribution in [3.05, 3.63) is 0 Å². The van der Waals surface area contributed by atoms with Gasteiger partial charge in [-0.05, 0) is 6.92 Å². The normalized spacial score (nSPS) is 14.4. The van der Waals surface area contributed by atoms with Crippen molar-refractivity contribution in [2.45, 2.75) is 12.4 Å². The van der Waals surface area contributed by atoms with Gasteiger partial charge in [0, 0.05) is 0 Å². The Morgan fingerprint density at radius 3 is 1.75 bits per heavy atom. The van der Waals surface area contributed by atoms with Crippen molar-refractivity contribution >= 4 is 10.1 Å². The molecule has 0 aromatic carbocycles. The molecule has 0 aliphatic carbocycles. The van der Waals surface area contributed by atoms with E-state index in [0.717, 1.165) is 0 Å². The molecule has 0 spiro atoms. The molecule has 8 heavy (non-hydrogen) atoms. The third-order valence-electron chi connectivity index (χ3n) is 0.398. The molecule has 3 nitrogen and oxygen atoms in total. The maximum atomic E-state index is 11.3. The number of hydrogen-bond donors (Lipinski definition) is 0. The average Bonchev–Trinajstić information content (AvgIpc) is 1.31. The summed E-state index contributed by atoms with van der Waals surface area (Å²) in [6.07, 6.45) is 0. The smallest absolute Gasteiger partial charge is 0.746 e. The van der Waals surface area contributed by atoms with Crippen LogP contribution in [0.5, 0.6) is 0 Å². The molecule has 0 aromatic rings. The molecule has 0 amide bonds. The summed E-state index contributed by atoms with van der Waals surface area (Å²) in [6, 6.07) is 0. The first kappa shape index (κ1) is 11.3. The second-order valence-corrected chi connectivity index (χ2v) is 2.67. The molecule has 1 atom stereocenters. The molecule has 0 aromatic heterocycles. The summed E-state index contributed by atoms with van der Waals surface area (Å²) in [5.74, 6) is 0. The molecular weight excluding hydrogens is 130 g/mol. The molecule has 0 N–H and O–H groups in total. The van der Waals surface area contributed by atoms with Crippen molar-refractivity contribution < 1.29 is 36.2 Å². The topological polar surface area (TPSA) is 57.2 Å². The summed E-state index contributed by atoms with van der Waals surface area (Å²) in [5, 5.41) is 0. The van der Waals surface area contributed by atoms with Crippen LogP contribution in [0.25, 0.3) is 0 Å². The Balaban J connectivity index is 0. The van der Waals surface area contributed by atoms with Gasteiger partial charge in [0.1, 0.15) is 10.1 Å².